The summed E-state index contributed by atoms with van der Waals surface area (Å²) in [7, 11) is 0. The molecule has 0 saturated carbocycles. The average molecular weight is 351 g/mol. The van der Waals surface area contributed by atoms with Crippen molar-refractivity contribution in [1.29, 1.82) is 0 Å². The Morgan fingerprint density at radius 1 is 0.640 bits per heavy atom. The van der Waals surface area contributed by atoms with Crippen molar-refractivity contribution in [2.75, 3.05) is 6.54 Å². The molecule has 0 radical (unpaired) electrons. The van der Waals surface area contributed by atoms with Crippen molar-refractivity contribution in [1.82, 2.24) is 27.4 Å². The third kappa shape index (κ3) is 12.2. The lowest BCUT2D eigenvalue weighted by Crippen LogP contribution is -2.12. The second kappa shape index (κ2) is 13.5. The molecular formula is C16H25N5O4. The van der Waals surface area contributed by atoms with E-state index < -0.39 is 0 Å². The molecule has 0 unspecified atom stereocenters. The second-order valence-corrected chi connectivity index (χ2v) is 4.98. The number of carbonyl (C=O) groups excluding carboxylic acids is 4. The van der Waals surface area contributed by atoms with Crippen LogP contribution in [-0.4, -0.2) is 30.2 Å². The lowest BCUT2D eigenvalue weighted by Gasteiger charge is -1.80. The summed E-state index contributed by atoms with van der Waals surface area (Å²) in [4.78, 5) is 40.3. The SMILES string of the molecule is N.O=C1CC=CN1.O=C1CC=CN1.O=C1CC=CN1.O=C1CCCN1. The molecular weight excluding hydrogens is 326 g/mol. The predicted octanol–water partition coefficient (Wildman–Crippen LogP) is 0.118. The molecule has 138 valence electrons. The Hall–Kier alpha value is -2.94. The van der Waals surface area contributed by atoms with Gasteiger partial charge in [0.2, 0.25) is 23.6 Å². The zero-order chi connectivity index (χ0) is 17.6. The van der Waals surface area contributed by atoms with Gasteiger partial charge in [-0.3, -0.25) is 19.2 Å². The largest absolute Gasteiger partial charge is 0.356 e. The monoisotopic (exact) mass is 351 g/mol. The van der Waals surface area contributed by atoms with Crippen molar-refractivity contribution in [3.8, 4) is 0 Å². The molecule has 0 bridgehead atoms. The highest BCUT2D eigenvalue weighted by Crippen LogP contribution is 1.93. The van der Waals surface area contributed by atoms with Crippen molar-refractivity contribution in [3.63, 3.8) is 0 Å². The van der Waals surface area contributed by atoms with Gasteiger partial charge in [-0.2, -0.15) is 0 Å². The van der Waals surface area contributed by atoms with Crippen LogP contribution in [-0.2, 0) is 19.2 Å². The quantitative estimate of drug-likeness (QED) is 0.420. The Labute approximate surface area is 146 Å². The van der Waals surface area contributed by atoms with E-state index in [1.165, 1.54) is 0 Å². The smallest absolute Gasteiger partial charge is 0.227 e. The minimum Gasteiger partial charge on any atom is -0.356 e. The minimum absolute atomic E-state index is 0. The van der Waals surface area contributed by atoms with Gasteiger partial charge in [-0.05, 0) is 6.42 Å². The first-order chi connectivity index (χ1) is 11.6. The Morgan fingerprint density at radius 3 is 1.12 bits per heavy atom. The summed E-state index contributed by atoms with van der Waals surface area (Å²) >= 11 is 0. The maximum Gasteiger partial charge on any atom is 0.227 e. The Bertz CT molecular complexity index is 452. The third-order valence-electron chi connectivity index (χ3n) is 2.90. The molecule has 9 nitrogen and oxygen atoms in total. The van der Waals surface area contributed by atoms with Gasteiger partial charge >= 0.3 is 0 Å². The summed E-state index contributed by atoms with van der Waals surface area (Å²) in [5.74, 6) is 0.481. The van der Waals surface area contributed by atoms with Gasteiger partial charge in [0.25, 0.3) is 0 Å². The molecule has 0 atom stereocenters. The van der Waals surface area contributed by atoms with Gasteiger partial charge in [0.15, 0.2) is 0 Å². The number of rotatable bonds is 0. The van der Waals surface area contributed by atoms with Crippen molar-refractivity contribution < 1.29 is 19.2 Å². The molecule has 1 fully saturated rings. The first kappa shape index (κ1) is 22.1. The molecule has 0 aliphatic carbocycles. The fraction of sp³-hybridized carbons (Fsp3) is 0.375. The molecule has 0 aromatic rings. The van der Waals surface area contributed by atoms with Crippen LogP contribution in [0.15, 0.2) is 36.8 Å². The van der Waals surface area contributed by atoms with Crippen molar-refractivity contribution in [2.45, 2.75) is 32.1 Å². The molecule has 1 saturated heterocycles. The molecule has 0 aromatic carbocycles. The summed E-state index contributed by atoms with van der Waals surface area (Å²) in [6, 6.07) is 0. The van der Waals surface area contributed by atoms with Gasteiger partial charge in [-0.15, -0.1) is 0 Å². The van der Waals surface area contributed by atoms with Gasteiger partial charge in [0, 0.05) is 50.8 Å². The summed E-state index contributed by atoms with van der Waals surface area (Å²) in [5.41, 5.74) is 0. The zero-order valence-electron chi connectivity index (χ0n) is 14.0. The predicted molar refractivity (Wildman–Crippen MR) is 93.0 cm³/mol. The second-order valence-electron chi connectivity index (χ2n) is 4.98. The highest BCUT2D eigenvalue weighted by Gasteiger charge is 2.05. The van der Waals surface area contributed by atoms with E-state index in [4.69, 9.17) is 0 Å². The van der Waals surface area contributed by atoms with Gasteiger partial charge in [0.05, 0.1) is 0 Å². The summed E-state index contributed by atoms with van der Waals surface area (Å²) in [6.07, 6.45) is 13.8. The Balaban J connectivity index is 0.000000303. The summed E-state index contributed by atoms with van der Waals surface area (Å²) in [5, 5.41) is 10.2. The van der Waals surface area contributed by atoms with Crippen LogP contribution in [0.2, 0.25) is 0 Å². The van der Waals surface area contributed by atoms with Crippen LogP contribution in [0.5, 0.6) is 0 Å². The van der Waals surface area contributed by atoms with Crippen molar-refractivity contribution >= 4 is 23.6 Å². The van der Waals surface area contributed by atoms with Gasteiger partial charge in [0.1, 0.15) is 0 Å². The van der Waals surface area contributed by atoms with Crippen LogP contribution in [0.1, 0.15) is 32.1 Å². The van der Waals surface area contributed by atoms with Crippen LogP contribution in [0.25, 0.3) is 0 Å². The molecule has 25 heavy (non-hydrogen) atoms. The van der Waals surface area contributed by atoms with Crippen LogP contribution in [0.4, 0.5) is 0 Å². The molecule has 7 N–H and O–H groups in total. The Kier molecular flexibility index (Phi) is 11.9. The number of hydrogen-bond donors (Lipinski definition) is 5. The number of carbonyl (C=O) groups is 4. The normalized spacial score (nSPS) is 18.2. The lowest BCUT2D eigenvalue weighted by atomic mass is 10.4. The standard InChI is InChI=1S/C4H7NO.3C4H5NO.H3N/c4*6-4-2-1-3-5-4;/h1-3H2,(H,5,6);3*1,3H,2H2,(H,5,6);1H3. The van der Waals surface area contributed by atoms with E-state index in [9.17, 15) is 19.2 Å². The van der Waals surface area contributed by atoms with Crippen molar-refractivity contribution in [3.05, 3.63) is 36.8 Å². The highest BCUT2D eigenvalue weighted by molar-refractivity contribution is 5.81. The molecule has 4 aliphatic rings. The van der Waals surface area contributed by atoms with Crippen LogP contribution < -0.4 is 27.4 Å². The molecule has 4 aliphatic heterocycles. The van der Waals surface area contributed by atoms with Crippen molar-refractivity contribution in [2.24, 2.45) is 0 Å². The van der Waals surface area contributed by atoms with Gasteiger partial charge < -0.3 is 27.4 Å². The van der Waals surface area contributed by atoms with E-state index in [1.807, 2.05) is 0 Å². The molecule has 4 amide bonds. The fourth-order valence-electron chi connectivity index (χ4n) is 1.70. The molecule has 0 aromatic heterocycles. The van der Waals surface area contributed by atoms with E-state index in [0.717, 1.165) is 19.4 Å². The van der Waals surface area contributed by atoms with Gasteiger partial charge in [-0.25, -0.2) is 0 Å². The lowest BCUT2D eigenvalue weighted by molar-refractivity contribution is -0.119. The number of hydrogen-bond acceptors (Lipinski definition) is 5. The molecule has 0 spiro atoms. The molecule has 9 heteroatoms. The van der Waals surface area contributed by atoms with Crippen LogP contribution in [0, 0.1) is 0 Å². The highest BCUT2D eigenvalue weighted by atomic mass is 16.2. The Morgan fingerprint density at radius 2 is 1.04 bits per heavy atom. The third-order valence-corrected chi connectivity index (χ3v) is 2.90. The topological polar surface area (TPSA) is 151 Å². The first-order valence-corrected chi connectivity index (χ1v) is 7.68. The van der Waals surface area contributed by atoms with E-state index in [-0.39, 0.29) is 29.8 Å². The maximum atomic E-state index is 10.1. The van der Waals surface area contributed by atoms with Gasteiger partial charge in [-0.1, -0.05) is 18.2 Å². The zero-order valence-corrected chi connectivity index (χ0v) is 14.0. The first-order valence-electron chi connectivity index (χ1n) is 7.68. The fourth-order valence-corrected chi connectivity index (χ4v) is 1.70. The van der Waals surface area contributed by atoms with E-state index >= 15 is 0 Å². The number of nitrogens with one attached hydrogen (secondary N) is 4. The van der Waals surface area contributed by atoms with Crippen LogP contribution >= 0.6 is 0 Å². The summed E-state index contributed by atoms with van der Waals surface area (Å²) < 4.78 is 0. The maximum absolute atomic E-state index is 10.1. The number of amides is 4. The van der Waals surface area contributed by atoms with E-state index in [0.29, 0.717) is 19.3 Å². The molecule has 4 heterocycles. The minimum atomic E-state index is 0. The summed E-state index contributed by atoms with van der Waals surface area (Å²) in [6.45, 7) is 0.888. The van der Waals surface area contributed by atoms with E-state index in [2.05, 4.69) is 21.3 Å². The molecule has 4 rings (SSSR count). The average Bonchev–Trinajstić information content (AvgIpc) is 3.31. The van der Waals surface area contributed by atoms with E-state index in [1.54, 1.807) is 36.8 Å². The van der Waals surface area contributed by atoms with Crippen LogP contribution in [0.3, 0.4) is 0 Å².